The van der Waals surface area contributed by atoms with E-state index in [0.29, 0.717) is 18.4 Å². The highest BCUT2D eigenvalue weighted by Crippen LogP contribution is 2.10. The van der Waals surface area contributed by atoms with E-state index in [4.69, 9.17) is 10.5 Å². The Morgan fingerprint density at radius 3 is 2.62 bits per heavy atom. The van der Waals surface area contributed by atoms with Crippen LogP contribution in [0, 0.1) is 0 Å². The molecule has 0 amide bonds. The van der Waals surface area contributed by atoms with Crippen LogP contribution < -0.4 is 15.8 Å². The van der Waals surface area contributed by atoms with E-state index in [0.717, 1.165) is 11.3 Å². The lowest BCUT2D eigenvalue weighted by Crippen LogP contribution is -2.22. The van der Waals surface area contributed by atoms with Crippen molar-refractivity contribution in [2.45, 2.75) is 26.5 Å². The number of benzene rings is 1. The zero-order chi connectivity index (χ0) is 15.1. The van der Waals surface area contributed by atoms with Crippen LogP contribution in [0.25, 0.3) is 0 Å². The van der Waals surface area contributed by atoms with E-state index in [2.05, 4.69) is 15.3 Å². The van der Waals surface area contributed by atoms with E-state index in [9.17, 15) is 0 Å². The smallest absolute Gasteiger partial charge is 0.213 e. The second-order valence-electron chi connectivity index (χ2n) is 4.86. The number of ether oxygens (including phenoxy) is 1. The first-order chi connectivity index (χ1) is 10.1. The van der Waals surface area contributed by atoms with Crippen molar-refractivity contribution in [3.63, 3.8) is 0 Å². The average molecular weight is 284 g/mol. The van der Waals surface area contributed by atoms with Crippen LogP contribution in [0.2, 0.25) is 0 Å². The highest BCUT2D eigenvalue weighted by atomic mass is 16.5. The van der Waals surface area contributed by atoms with Crippen LogP contribution in [0.15, 0.2) is 53.7 Å². The summed E-state index contributed by atoms with van der Waals surface area (Å²) >= 11 is 0. The normalized spacial score (nSPS) is 11.5. The summed E-state index contributed by atoms with van der Waals surface area (Å²) in [6.45, 7) is 4.41. The Labute approximate surface area is 124 Å². The Morgan fingerprint density at radius 1 is 1.24 bits per heavy atom. The summed E-state index contributed by atoms with van der Waals surface area (Å²) < 4.78 is 5.49. The molecule has 5 nitrogen and oxygen atoms in total. The lowest BCUT2D eigenvalue weighted by molar-refractivity contribution is 0.232. The molecule has 0 bridgehead atoms. The predicted octanol–water partition coefficient (Wildman–Crippen LogP) is 2.80. The molecule has 0 fully saturated rings. The second kappa shape index (κ2) is 7.28. The van der Waals surface area contributed by atoms with Gasteiger partial charge in [-0.3, -0.25) is 0 Å². The molecule has 0 spiro atoms. The first-order valence-electron chi connectivity index (χ1n) is 6.87. The van der Waals surface area contributed by atoms with Gasteiger partial charge in [0.15, 0.2) is 5.96 Å². The van der Waals surface area contributed by atoms with E-state index in [-0.39, 0.29) is 6.10 Å². The molecular weight excluding hydrogens is 264 g/mol. The van der Waals surface area contributed by atoms with Gasteiger partial charge < -0.3 is 15.8 Å². The maximum absolute atomic E-state index is 5.84. The molecule has 0 saturated carbocycles. The number of hydrogen-bond acceptors (Lipinski definition) is 3. The average Bonchev–Trinajstić information content (AvgIpc) is 2.47. The number of guanidine groups is 1. The van der Waals surface area contributed by atoms with Gasteiger partial charge in [-0.1, -0.05) is 24.3 Å². The molecule has 21 heavy (non-hydrogen) atoms. The van der Waals surface area contributed by atoms with Crippen molar-refractivity contribution in [1.82, 2.24) is 4.98 Å². The van der Waals surface area contributed by atoms with Gasteiger partial charge in [-0.2, -0.15) is 0 Å². The molecule has 0 saturated heterocycles. The second-order valence-corrected chi connectivity index (χ2v) is 4.86. The number of aliphatic imine (C=N–C) groups is 1. The molecule has 110 valence electrons. The minimum absolute atomic E-state index is 0.118. The van der Waals surface area contributed by atoms with E-state index in [1.165, 1.54) is 0 Å². The molecular formula is C16H20N4O. The van der Waals surface area contributed by atoms with Gasteiger partial charge in [-0.05, 0) is 31.5 Å². The maximum atomic E-state index is 5.84. The molecule has 0 unspecified atom stereocenters. The number of nitrogens with zero attached hydrogens (tertiary/aromatic N) is 2. The van der Waals surface area contributed by atoms with E-state index in [1.807, 2.05) is 56.3 Å². The number of anilines is 1. The van der Waals surface area contributed by atoms with Crippen LogP contribution in [0.1, 0.15) is 19.4 Å². The molecule has 2 aromatic rings. The number of rotatable bonds is 5. The molecule has 1 aromatic carbocycles. The number of hydrogen-bond donors (Lipinski definition) is 2. The van der Waals surface area contributed by atoms with Gasteiger partial charge in [0, 0.05) is 18.0 Å². The zero-order valence-electron chi connectivity index (χ0n) is 12.3. The molecule has 5 heteroatoms. The van der Waals surface area contributed by atoms with Crippen molar-refractivity contribution in [1.29, 1.82) is 0 Å². The Bertz CT molecular complexity index is 579. The summed E-state index contributed by atoms with van der Waals surface area (Å²) in [4.78, 5) is 8.51. The molecule has 2 rings (SSSR count). The lowest BCUT2D eigenvalue weighted by atomic mass is 10.3. The summed E-state index contributed by atoms with van der Waals surface area (Å²) in [5.74, 6) is 0.997. The quantitative estimate of drug-likeness (QED) is 0.654. The van der Waals surface area contributed by atoms with Gasteiger partial charge in [0.2, 0.25) is 5.88 Å². The number of para-hydroxylation sites is 1. The third-order valence-corrected chi connectivity index (χ3v) is 2.63. The minimum atomic E-state index is 0.118. The van der Waals surface area contributed by atoms with E-state index >= 15 is 0 Å². The predicted molar refractivity (Wildman–Crippen MR) is 85.4 cm³/mol. The van der Waals surface area contributed by atoms with Crippen molar-refractivity contribution >= 4 is 11.6 Å². The summed E-state index contributed by atoms with van der Waals surface area (Å²) in [6, 6.07) is 13.5. The summed E-state index contributed by atoms with van der Waals surface area (Å²) in [5.41, 5.74) is 7.73. The topological polar surface area (TPSA) is 72.5 Å². The largest absolute Gasteiger partial charge is 0.475 e. The van der Waals surface area contributed by atoms with Crippen molar-refractivity contribution in [3.05, 3.63) is 54.2 Å². The first kappa shape index (κ1) is 14.8. The van der Waals surface area contributed by atoms with Gasteiger partial charge in [-0.25, -0.2) is 9.98 Å². The van der Waals surface area contributed by atoms with Crippen LogP contribution in [0.4, 0.5) is 5.69 Å². The fourth-order valence-corrected chi connectivity index (χ4v) is 1.70. The summed E-state index contributed by atoms with van der Waals surface area (Å²) in [7, 11) is 0. The van der Waals surface area contributed by atoms with Crippen LogP contribution in [-0.4, -0.2) is 17.0 Å². The van der Waals surface area contributed by atoms with Crippen LogP contribution >= 0.6 is 0 Å². The fourth-order valence-electron chi connectivity index (χ4n) is 1.70. The van der Waals surface area contributed by atoms with Gasteiger partial charge in [0.25, 0.3) is 0 Å². The summed E-state index contributed by atoms with van der Waals surface area (Å²) in [6.07, 6.45) is 1.86. The van der Waals surface area contributed by atoms with Gasteiger partial charge in [0.1, 0.15) is 0 Å². The van der Waals surface area contributed by atoms with Crippen molar-refractivity contribution in [2.75, 3.05) is 5.32 Å². The molecule has 0 atom stereocenters. The third kappa shape index (κ3) is 5.14. The van der Waals surface area contributed by atoms with Gasteiger partial charge >= 0.3 is 0 Å². The molecule has 1 aromatic heterocycles. The highest BCUT2D eigenvalue weighted by molar-refractivity contribution is 5.92. The van der Waals surface area contributed by atoms with Gasteiger partial charge in [0.05, 0.1) is 12.6 Å². The van der Waals surface area contributed by atoms with Crippen LogP contribution in [-0.2, 0) is 6.54 Å². The number of aromatic nitrogens is 1. The molecule has 0 aliphatic rings. The van der Waals surface area contributed by atoms with Crippen molar-refractivity contribution in [3.8, 4) is 5.88 Å². The molecule has 3 N–H and O–H groups in total. The Hall–Kier alpha value is -2.56. The maximum Gasteiger partial charge on any atom is 0.213 e. The number of pyridine rings is 1. The Morgan fingerprint density at radius 2 is 2.00 bits per heavy atom. The molecule has 0 aliphatic heterocycles. The fraction of sp³-hybridized carbons (Fsp3) is 0.250. The Kier molecular flexibility index (Phi) is 5.15. The molecule has 1 heterocycles. The van der Waals surface area contributed by atoms with Gasteiger partial charge in [-0.15, -0.1) is 0 Å². The summed E-state index contributed by atoms with van der Waals surface area (Å²) in [5, 5.41) is 3.03. The van der Waals surface area contributed by atoms with Crippen LogP contribution in [0.5, 0.6) is 5.88 Å². The standard InChI is InChI=1S/C16H20N4O/c1-12(2)21-15-9-8-13(10-18-15)11-19-16(17)20-14-6-4-3-5-7-14/h3-10,12H,11H2,1-2H3,(H3,17,19,20). The Balaban J connectivity index is 1.90. The zero-order valence-corrected chi connectivity index (χ0v) is 12.3. The SMILES string of the molecule is CC(C)Oc1ccc(CN=C(N)Nc2ccccc2)cn1. The highest BCUT2D eigenvalue weighted by Gasteiger charge is 2.00. The van der Waals surface area contributed by atoms with Crippen molar-refractivity contribution < 1.29 is 4.74 Å². The molecule has 0 radical (unpaired) electrons. The minimum Gasteiger partial charge on any atom is -0.475 e. The van der Waals surface area contributed by atoms with E-state index < -0.39 is 0 Å². The van der Waals surface area contributed by atoms with Crippen LogP contribution in [0.3, 0.4) is 0 Å². The first-order valence-corrected chi connectivity index (χ1v) is 6.87. The number of nitrogens with two attached hydrogens (primary N) is 1. The molecule has 0 aliphatic carbocycles. The number of nitrogens with one attached hydrogen (secondary N) is 1. The van der Waals surface area contributed by atoms with Crippen molar-refractivity contribution in [2.24, 2.45) is 10.7 Å². The third-order valence-electron chi connectivity index (χ3n) is 2.63. The van der Waals surface area contributed by atoms with E-state index in [1.54, 1.807) is 6.20 Å². The monoisotopic (exact) mass is 284 g/mol. The lowest BCUT2D eigenvalue weighted by Gasteiger charge is -2.08.